The second-order valence-electron chi connectivity index (χ2n) is 3.48. The van der Waals surface area contributed by atoms with Crippen molar-refractivity contribution in [1.29, 1.82) is 0 Å². The Bertz CT molecular complexity index is 511. The lowest BCUT2D eigenvalue weighted by Crippen LogP contribution is -1.90. The topological polar surface area (TPSA) is 22.1 Å². The Balaban J connectivity index is 2.31. The molecule has 0 N–H and O–H groups in total. The van der Waals surface area contributed by atoms with Crippen LogP contribution in [-0.2, 0) is 0 Å². The van der Waals surface area contributed by atoms with Crippen molar-refractivity contribution < 1.29 is 4.74 Å². The van der Waals surface area contributed by atoms with Gasteiger partial charge in [-0.3, -0.25) is 0 Å². The van der Waals surface area contributed by atoms with Crippen LogP contribution in [0.25, 0.3) is 0 Å². The summed E-state index contributed by atoms with van der Waals surface area (Å²) < 4.78 is 6.35. The fourth-order valence-electron chi connectivity index (χ4n) is 1.27. The van der Waals surface area contributed by atoms with Crippen LogP contribution in [0.3, 0.4) is 0 Å². The first-order chi connectivity index (χ1) is 8.06. The number of pyridine rings is 1. The lowest BCUT2D eigenvalue weighted by atomic mass is 10.2. The second-order valence-corrected chi connectivity index (χ2v) is 5.21. The predicted octanol–water partition coefficient (Wildman–Crippen LogP) is 5.25. The van der Waals surface area contributed by atoms with Gasteiger partial charge in [-0.25, -0.2) is 4.98 Å². The van der Waals surface area contributed by atoms with E-state index >= 15 is 0 Å². The molecule has 0 aliphatic rings. The minimum absolute atomic E-state index is 0.334. The number of aryl methyl sites for hydroxylation is 1. The summed E-state index contributed by atoms with van der Waals surface area (Å²) in [6.07, 6.45) is 1.61. The average molecular weight is 333 g/mol. The first kappa shape index (κ1) is 12.7. The Labute approximate surface area is 118 Å². The Morgan fingerprint density at radius 1 is 1.18 bits per heavy atom. The van der Waals surface area contributed by atoms with Crippen LogP contribution < -0.4 is 4.74 Å². The monoisotopic (exact) mass is 331 g/mol. The standard InChI is InChI=1S/C12H8BrCl2NO/c1-7-2-3-11(9(14)4-7)17-12-10(15)5-8(13)6-16-12/h2-6H,1H3. The van der Waals surface area contributed by atoms with Crippen LogP contribution in [-0.4, -0.2) is 4.98 Å². The van der Waals surface area contributed by atoms with Crippen LogP contribution in [0, 0.1) is 6.92 Å². The zero-order valence-electron chi connectivity index (χ0n) is 8.88. The number of halogens is 3. The Morgan fingerprint density at radius 3 is 2.59 bits per heavy atom. The third-order valence-electron chi connectivity index (χ3n) is 2.07. The van der Waals surface area contributed by atoms with E-state index < -0.39 is 0 Å². The minimum atomic E-state index is 0.334. The van der Waals surface area contributed by atoms with Crippen molar-refractivity contribution in [2.75, 3.05) is 0 Å². The molecule has 0 amide bonds. The van der Waals surface area contributed by atoms with Crippen LogP contribution in [0.4, 0.5) is 0 Å². The molecule has 0 saturated heterocycles. The number of benzene rings is 1. The highest BCUT2D eigenvalue weighted by Crippen LogP contribution is 2.33. The Morgan fingerprint density at radius 2 is 1.94 bits per heavy atom. The number of rotatable bonds is 2. The smallest absolute Gasteiger partial charge is 0.238 e. The molecule has 0 saturated carbocycles. The number of hydrogen-bond acceptors (Lipinski definition) is 2. The highest BCUT2D eigenvalue weighted by Gasteiger charge is 2.08. The third kappa shape index (κ3) is 3.12. The van der Waals surface area contributed by atoms with E-state index in [-0.39, 0.29) is 0 Å². The van der Waals surface area contributed by atoms with Gasteiger partial charge >= 0.3 is 0 Å². The lowest BCUT2D eigenvalue weighted by Gasteiger charge is -2.08. The lowest BCUT2D eigenvalue weighted by molar-refractivity contribution is 0.463. The van der Waals surface area contributed by atoms with E-state index in [1.165, 1.54) is 0 Å². The van der Waals surface area contributed by atoms with E-state index in [0.717, 1.165) is 10.0 Å². The maximum absolute atomic E-state index is 6.06. The number of aromatic nitrogens is 1. The minimum Gasteiger partial charge on any atom is -0.436 e. The van der Waals surface area contributed by atoms with E-state index in [1.54, 1.807) is 18.3 Å². The van der Waals surface area contributed by atoms with Gasteiger partial charge in [0.2, 0.25) is 5.88 Å². The summed E-state index contributed by atoms with van der Waals surface area (Å²) >= 11 is 15.3. The molecule has 0 aliphatic heterocycles. The molecule has 0 atom stereocenters. The molecule has 17 heavy (non-hydrogen) atoms. The summed E-state index contributed by atoms with van der Waals surface area (Å²) in [5.74, 6) is 0.870. The molecule has 1 heterocycles. The zero-order valence-corrected chi connectivity index (χ0v) is 12.0. The molecule has 0 fully saturated rings. The van der Waals surface area contributed by atoms with Crippen molar-refractivity contribution in [1.82, 2.24) is 4.98 Å². The van der Waals surface area contributed by atoms with Crippen molar-refractivity contribution >= 4 is 39.1 Å². The van der Waals surface area contributed by atoms with E-state index in [1.807, 2.05) is 19.1 Å². The van der Waals surface area contributed by atoms with Gasteiger partial charge in [0.1, 0.15) is 10.8 Å². The first-order valence-corrected chi connectivity index (χ1v) is 6.36. The fourth-order valence-corrected chi connectivity index (χ4v) is 2.21. The molecular weight excluding hydrogens is 325 g/mol. The van der Waals surface area contributed by atoms with E-state index in [9.17, 15) is 0 Å². The van der Waals surface area contributed by atoms with Crippen molar-refractivity contribution in [2.24, 2.45) is 0 Å². The zero-order chi connectivity index (χ0) is 12.4. The molecule has 0 aliphatic carbocycles. The summed E-state index contributed by atoms with van der Waals surface area (Å²) in [5, 5.41) is 0.960. The summed E-state index contributed by atoms with van der Waals surface area (Å²) in [6, 6.07) is 7.24. The predicted molar refractivity (Wildman–Crippen MR) is 73.2 cm³/mol. The molecule has 2 rings (SSSR count). The van der Waals surface area contributed by atoms with Crippen molar-refractivity contribution in [3.63, 3.8) is 0 Å². The highest BCUT2D eigenvalue weighted by atomic mass is 79.9. The summed E-state index contributed by atoms with van der Waals surface area (Å²) in [5.41, 5.74) is 1.07. The molecule has 2 aromatic rings. The first-order valence-electron chi connectivity index (χ1n) is 4.81. The number of ether oxygens (including phenoxy) is 1. The highest BCUT2D eigenvalue weighted by molar-refractivity contribution is 9.10. The molecular formula is C12H8BrCl2NO. The second kappa shape index (κ2) is 5.25. The van der Waals surface area contributed by atoms with Gasteiger partial charge in [-0.05, 0) is 46.6 Å². The molecule has 1 aromatic heterocycles. The molecule has 2 nitrogen and oxygen atoms in total. The normalized spacial score (nSPS) is 10.4. The van der Waals surface area contributed by atoms with E-state index in [0.29, 0.717) is 21.7 Å². The largest absolute Gasteiger partial charge is 0.436 e. The van der Waals surface area contributed by atoms with Gasteiger partial charge in [-0.2, -0.15) is 0 Å². The van der Waals surface area contributed by atoms with Crippen LogP contribution in [0.2, 0.25) is 10.0 Å². The van der Waals surface area contributed by atoms with Gasteiger partial charge in [-0.15, -0.1) is 0 Å². The molecule has 5 heteroatoms. The Hall–Kier alpha value is -0.770. The maximum Gasteiger partial charge on any atom is 0.238 e. The van der Waals surface area contributed by atoms with E-state index in [4.69, 9.17) is 27.9 Å². The van der Waals surface area contributed by atoms with Gasteiger partial charge in [-0.1, -0.05) is 29.3 Å². The Kier molecular flexibility index (Phi) is 3.92. The molecule has 0 spiro atoms. The third-order valence-corrected chi connectivity index (χ3v) is 3.07. The molecule has 0 unspecified atom stereocenters. The van der Waals surface area contributed by atoms with Gasteiger partial charge in [0.15, 0.2) is 0 Å². The fraction of sp³-hybridized carbons (Fsp3) is 0.0833. The maximum atomic E-state index is 6.06. The quantitative estimate of drug-likeness (QED) is 0.749. The van der Waals surface area contributed by atoms with Gasteiger partial charge in [0, 0.05) is 10.7 Å². The van der Waals surface area contributed by atoms with Crippen LogP contribution in [0.5, 0.6) is 11.6 Å². The SMILES string of the molecule is Cc1ccc(Oc2ncc(Br)cc2Cl)c(Cl)c1. The van der Waals surface area contributed by atoms with Gasteiger partial charge in [0.05, 0.1) is 5.02 Å². The van der Waals surface area contributed by atoms with Crippen molar-refractivity contribution in [3.05, 3.63) is 50.5 Å². The molecule has 0 radical (unpaired) electrons. The van der Waals surface area contributed by atoms with E-state index in [2.05, 4.69) is 20.9 Å². The van der Waals surface area contributed by atoms with Crippen molar-refractivity contribution in [2.45, 2.75) is 6.92 Å². The van der Waals surface area contributed by atoms with Crippen LogP contribution in [0.15, 0.2) is 34.9 Å². The van der Waals surface area contributed by atoms with Gasteiger partial charge < -0.3 is 4.74 Å². The molecule has 0 bridgehead atoms. The number of hydrogen-bond donors (Lipinski definition) is 0. The summed E-state index contributed by atoms with van der Waals surface area (Å²) in [7, 11) is 0. The van der Waals surface area contributed by atoms with Crippen molar-refractivity contribution in [3.8, 4) is 11.6 Å². The van der Waals surface area contributed by atoms with Gasteiger partial charge in [0.25, 0.3) is 0 Å². The molecule has 1 aromatic carbocycles. The number of nitrogens with zero attached hydrogens (tertiary/aromatic N) is 1. The van der Waals surface area contributed by atoms with Crippen LogP contribution >= 0.6 is 39.1 Å². The molecule has 88 valence electrons. The average Bonchev–Trinajstić information content (AvgIpc) is 2.25. The summed E-state index contributed by atoms with van der Waals surface area (Å²) in [6.45, 7) is 1.96. The summed E-state index contributed by atoms with van der Waals surface area (Å²) in [4.78, 5) is 4.08. The van der Waals surface area contributed by atoms with Crippen LogP contribution in [0.1, 0.15) is 5.56 Å².